The van der Waals surface area contributed by atoms with Gasteiger partial charge in [0.25, 0.3) is 0 Å². The van der Waals surface area contributed by atoms with Crippen molar-refractivity contribution in [3.63, 3.8) is 0 Å². The SMILES string of the molecule is CCCCCCCCc1cnc(-c2ccc(OCC(F)C(F)CCCCC)cc2)nc1. The molecule has 0 aliphatic heterocycles. The van der Waals surface area contributed by atoms with Crippen LogP contribution < -0.4 is 4.74 Å². The first-order valence-corrected chi connectivity index (χ1v) is 12.0. The van der Waals surface area contributed by atoms with E-state index in [1.165, 1.54) is 38.5 Å². The highest BCUT2D eigenvalue weighted by molar-refractivity contribution is 5.55. The van der Waals surface area contributed by atoms with Gasteiger partial charge in [-0.25, -0.2) is 18.7 Å². The molecule has 172 valence electrons. The lowest BCUT2D eigenvalue weighted by Crippen LogP contribution is -2.24. The Morgan fingerprint density at radius 3 is 2.06 bits per heavy atom. The number of aryl methyl sites for hydroxylation is 1. The van der Waals surface area contributed by atoms with Gasteiger partial charge >= 0.3 is 0 Å². The van der Waals surface area contributed by atoms with Crippen molar-refractivity contribution in [3.05, 3.63) is 42.2 Å². The molecule has 0 bridgehead atoms. The van der Waals surface area contributed by atoms with E-state index in [0.29, 0.717) is 18.0 Å². The minimum absolute atomic E-state index is 0.253. The number of rotatable bonds is 16. The normalized spacial score (nSPS) is 13.2. The second-order valence-corrected chi connectivity index (χ2v) is 8.30. The highest BCUT2D eigenvalue weighted by Gasteiger charge is 2.20. The summed E-state index contributed by atoms with van der Waals surface area (Å²) in [4.78, 5) is 8.96. The fraction of sp³-hybridized carbons (Fsp3) is 0.615. The molecule has 0 fully saturated rings. The number of hydrogen-bond donors (Lipinski definition) is 0. The van der Waals surface area contributed by atoms with E-state index in [1.807, 2.05) is 31.5 Å². The summed E-state index contributed by atoms with van der Waals surface area (Å²) in [6, 6.07) is 7.19. The first-order chi connectivity index (χ1) is 15.1. The molecule has 0 aliphatic rings. The first-order valence-electron chi connectivity index (χ1n) is 12.0. The predicted molar refractivity (Wildman–Crippen MR) is 124 cm³/mol. The topological polar surface area (TPSA) is 35.0 Å². The van der Waals surface area contributed by atoms with Crippen LogP contribution in [0.3, 0.4) is 0 Å². The number of aromatic nitrogens is 2. The predicted octanol–water partition coefficient (Wildman–Crippen LogP) is 7.68. The van der Waals surface area contributed by atoms with E-state index in [-0.39, 0.29) is 13.0 Å². The van der Waals surface area contributed by atoms with Crippen LogP contribution in [0.1, 0.15) is 83.6 Å². The van der Waals surface area contributed by atoms with Gasteiger partial charge in [0.1, 0.15) is 18.5 Å². The number of benzene rings is 1. The van der Waals surface area contributed by atoms with Gasteiger partial charge < -0.3 is 4.74 Å². The van der Waals surface area contributed by atoms with Crippen molar-refractivity contribution in [1.29, 1.82) is 0 Å². The molecule has 3 nitrogen and oxygen atoms in total. The number of alkyl halides is 2. The molecule has 0 aliphatic carbocycles. The maximum Gasteiger partial charge on any atom is 0.165 e. The summed E-state index contributed by atoms with van der Waals surface area (Å²) in [6.45, 7) is 4.01. The standard InChI is InChI=1S/C26H38F2N2O/c1-3-5-7-8-9-11-12-21-18-29-26(30-19-21)22-14-16-23(17-15-22)31-20-25(28)24(27)13-10-6-4-2/h14-19,24-25H,3-13,20H2,1-2H3. The summed E-state index contributed by atoms with van der Waals surface area (Å²) in [5.74, 6) is 1.17. The molecule has 2 atom stereocenters. The van der Waals surface area contributed by atoms with Gasteiger partial charge in [0, 0.05) is 18.0 Å². The number of halogens is 2. The maximum atomic E-state index is 13.9. The maximum absolute atomic E-state index is 13.9. The fourth-order valence-corrected chi connectivity index (χ4v) is 3.49. The van der Waals surface area contributed by atoms with Crippen LogP contribution in [0.4, 0.5) is 8.78 Å². The Morgan fingerprint density at radius 2 is 1.39 bits per heavy atom. The zero-order valence-electron chi connectivity index (χ0n) is 19.2. The van der Waals surface area contributed by atoms with Gasteiger partial charge in [-0.2, -0.15) is 0 Å². The van der Waals surface area contributed by atoms with Crippen LogP contribution in [0.25, 0.3) is 11.4 Å². The van der Waals surface area contributed by atoms with Gasteiger partial charge in [-0.05, 0) is 49.1 Å². The van der Waals surface area contributed by atoms with Crippen LogP contribution in [0.15, 0.2) is 36.7 Å². The Bertz CT molecular complexity index is 706. The quantitative estimate of drug-likeness (QED) is 0.255. The zero-order chi connectivity index (χ0) is 22.3. The molecule has 2 aromatic rings. The average Bonchev–Trinajstić information content (AvgIpc) is 2.80. The molecular formula is C26H38F2N2O. The Morgan fingerprint density at radius 1 is 0.774 bits per heavy atom. The van der Waals surface area contributed by atoms with Gasteiger partial charge in [0.2, 0.25) is 0 Å². The van der Waals surface area contributed by atoms with Crippen molar-refractivity contribution < 1.29 is 13.5 Å². The van der Waals surface area contributed by atoms with E-state index in [9.17, 15) is 8.78 Å². The van der Waals surface area contributed by atoms with Crippen molar-refractivity contribution in [2.75, 3.05) is 6.61 Å². The number of hydrogen-bond acceptors (Lipinski definition) is 3. The summed E-state index contributed by atoms with van der Waals surface area (Å²) in [5.41, 5.74) is 2.03. The van der Waals surface area contributed by atoms with E-state index in [2.05, 4.69) is 16.9 Å². The average molecular weight is 433 g/mol. The smallest absolute Gasteiger partial charge is 0.165 e. The summed E-state index contributed by atoms with van der Waals surface area (Å²) < 4.78 is 33.2. The van der Waals surface area contributed by atoms with Crippen molar-refractivity contribution in [2.24, 2.45) is 0 Å². The van der Waals surface area contributed by atoms with Crippen molar-refractivity contribution in [3.8, 4) is 17.1 Å². The number of unbranched alkanes of at least 4 members (excludes halogenated alkanes) is 7. The lowest BCUT2D eigenvalue weighted by molar-refractivity contribution is 0.102. The molecule has 0 radical (unpaired) electrons. The lowest BCUT2D eigenvalue weighted by Gasteiger charge is -2.14. The largest absolute Gasteiger partial charge is 0.490 e. The molecule has 5 heteroatoms. The Kier molecular flexibility index (Phi) is 12.1. The summed E-state index contributed by atoms with van der Waals surface area (Å²) in [7, 11) is 0. The Hall–Kier alpha value is -2.04. The molecule has 0 amide bonds. The Balaban J connectivity index is 1.75. The molecule has 2 rings (SSSR count). The lowest BCUT2D eigenvalue weighted by atomic mass is 10.1. The van der Waals surface area contributed by atoms with Crippen LogP contribution in [0, 0.1) is 0 Å². The molecular weight excluding hydrogens is 394 g/mol. The summed E-state index contributed by atoms with van der Waals surface area (Å²) in [6.07, 6.45) is 12.3. The highest BCUT2D eigenvalue weighted by atomic mass is 19.2. The van der Waals surface area contributed by atoms with Crippen LogP contribution >= 0.6 is 0 Å². The van der Waals surface area contributed by atoms with Gasteiger partial charge in [-0.1, -0.05) is 65.2 Å². The van der Waals surface area contributed by atoms with E-state index in [1.54, 1.807) is 12.1 Å². The van der Waals surface area contributed by atoms with E-state index < -0.39 is 12.3 Å². The molecule has 0 saturated heterocycles. The molecule has 1 aromatic heterocycles. The van der Waals surface area contributed by atoms with Gasteiger partial charge in [-0.3, -0.25) is 0 Å². The van der Waals surface area contributed by atoms with E-state index >= 15 is 0 Å². The van der Waals surface area contributed by atoms with Crippen molar-refractivity contribution >= 4 is 0 Å². The van der Waals surface area contributed by atoms with Crippen LogP contribution in [-0.2, 0) is 6.42 Å². The van der Waals surface area contributed by atoms with Gasteiger partial charge in [0.05, 0.1) is 0 Å². The molecule has 31 heavy (non-hydrogen) atoms. The first kappa shape index (κ1) is 25.2. The third-order valence-corrected chi connectivity index (χ3v) is 5.52. The number of nitrogens with zero attached hydrogens (tertiary/aromatic N) is 2. The highest BCUT2D eigenvalue weighted by Crippen LogP contribution is 2.21. The summed E-state index contributed by atoms with van der Waals surface area (Å²) in [5, 5.41) is 0. The third kappa shape index (κ3) is 9.75. The minimum Gasteiger partial charge on any atom is -0.490 e. The number of ether oxygens (including phenoxy) is 1. The van der Waals surface area contributed by atoms with Crippen LogP contribution in [0.5, 0.6) is 5.75 Å². The molecule has 0 spiro atoms. The van der Waals surface area contributed by atoms with Crippen molar-refractivity contribution in [2.45, 2.75) is 96.8 Å². The molecule has 0 N–H and O–H groups in total. The molecule has 1 aromatic carbocycles. The second-order valence-electron chi connectivity index (χ2n) is 8.30. The zero-order valence-corrected chi connectivity index (χ0v) is 19.2. The van der Waals surface area contributed by atoms with Gasteiger partial charge in [-0.15, -0.1) is 0 Å². The monoisotopic (exact) mass is 432 g/mol. The molecule has 0 saturated carbocycles. The fourth-order valence-electron chi connectivity index (χ4n) is 3.49. The summed E-state index contributed by atoms with van der Waals surface area (Å²) >= 11 is 0. The molecule has 1 heterocycles. The molecule has 2 unspecified atom stereocenters. The van der Waals surface area contributed by atoms with E-state index in [4.69, 9.17) is 4.74 Å². The van der Waals surface area contributed by atoms with Crippen LogP contribution in [0.2, 0.25) is 0 Å². The minimum atomic E-state index is -1.60. The second kappa shape index (κ2) is 14.9. The van der Waals surface area contributed by atoms with Crippen molar-refractivity contribution in [1.82, 2.24) is 9.97 Å². The van der Waals surface area contributed by atoms with Crippen LogP contribution in [-0.4, -0.2) is 28.9 Å². The van der Waals surface area contributed by atoms with E-state index in [0.717, 1.165) is 30.4 Å². The Labute approximate surface area is 186 Å². The van der Waals surface area contributed by atoms with Gasteiger partial charge in [0.15, 0.2) is 12.0 Å². The third-order valence-electron chi connectivity index (χ3n) is 5.52.